The summed E-state index contributed by atoms with van der Waals surface area (Å²) in [6.07, 6.45) is 3.99. The molecule has 5 heteroatoms. The van der Waals surface area contributed by atoms with E-state index in [2.05, 4.69) is 21.9 Å². The monoisotopic (exact) mass is 283 g/mol. The fourth-order valence-corrected chi connectivity index (χ4v) is 2.53. The fourth-order valence-electron chi connectivity index (χ4n) is 2.53. The lowest BCUT2D eigenvalue weighted by Gasteiger charge is -2.26. The summed E-state index contributed by atoms with van der Waals surface area (Å²) < 4.78 is 5.22. The van der Waals surface area contributed by atoms with Crippen molar-refractivity contribution < 1.29 is 9.53 Å². The van der Waals surface area contributed by atoms with Crippen LogP contribution in [0.15, 0.2) is 35.4 Å². The van der Waals surface area contributed by atoms with E-state index in [-0.39, 0.29) is 5.92 Å². The predicted octanol–water partition coefficient (Wildman–Crippen LogP) is 4.43. The zero-order chi connectivity index (χ0) is 14.9. The molecule has 5 nitrogen and oxygen atoms in total. The van der Waals surface area contributed by atoms with Gasteiger partial charge in [0.2, 0.25) is 0 Å². The Morgan fingerprint density at radius 2 is 2.00 bits per heavy atom. The molecular formula is C16H17N3O2. The molecule has 0 heterocycles. The Bertz CT molecular complexity index is 577. The molecule has 2 rings (SSSR count). The van der Waals surface area contributed by atoms with Crippen LogP contribution >= 0.6 is 0 Å². The predicted molar refractivity (Wildman–Crippen MR) is 79.3 cm³/mol. The number of rotatable bonds is 2. The van der Waals surface area contributed by atoms with Gasteiger partial charge in [-0.3, -0.25) is 0 Å². The smallest absolute Gasteiger partial charge is 0.398 e. The normalized spacial score (nSPS) is 16.0. The quantitative estimate of drug-likeness (QED) is 0.348. The molecule has 0 aromatic heterocycles. The first-order chi connectivity index (χ1) is 10.3. The minimum atomic E-state index is -0.907. The SMILES string of the molecule is [N-]=[N+]=NC(=O)OC(C#Cc1ccccc1)C1CCCCC1. The number of benzene rings is 1. The van der Waals surface area contributed by atoms with Crippen molar-refractivity contribution in [2.45, 2.75) is 38.2 Å². The lowest BCUT2D eigenvalue weighted by atomic mass is 9.85. The van der Waals surface area contributed by atoms with Gasteiger partial charge in [0.15, 0.2) is 6.10 Å². The highest BCUT2D eigenvalue weighted by Crippen LogP contribution is 2.28. The highest BCUT2D eigenvalue weighted by atomic mass is 16.6. The van der Waals surface area contributed by atoms with Gasteiger partial charge >= 0.3 is 6.09 Å². The molecule has 21 heavy (non-hydrogen) atoms. The van der Waals surface area contributed by atoms with Crippen LogP contribution in [-0.2, 0) is 4.74 Å². The number of ether oxygens (including phenoxy) is 1. The van der Waals surface area contributed by atoms with E-state index in [1.54, 1.807) is 0 Å². The third-order valence-electron chi connectivity index (χ3n) is 3.56. The molecule has 0 spiro atoms. The van der Waals surface area contributed by atoms with E-state index in [1.165, 1.54) is 6.42 Å². The summed E-state index contributed by atoms with van der Waals surface area (Å²) in [5.41, 5.74) is 9.16. The molecular weight excluding hydrogens is 266 g/mol. The minimum Gasteiger partial charge on any atom is -0.444 e. The molecule has 0 radical (unpaired) electrons. The third-order valence-corrected chi connectivity index (χ3v) is 3.56. The highest BCUT2D eigenvalue weighted by molar-refractivity contribution is 5.68. The van der Waals surface area contributed by atoms with Crippen LogP contribution < -0.4 is 0 Å². The lowest BCUT2D eigenvalue weighted by molar-refractivity contribution is 0.0882. The van der Waals surface area contributed by atoms with Crippen LogP contribution in [0.4, 0.5) is 4.79 Å². The highest BCUT2D eigenvalue weighted by Gasteiger charge is 2.25. The van der Waals surface area contributed by atoms with Crippen molar-refractivity contribution in [3.63, 3.8) is 0 Å². The van der Waals surface area contributed by atoms with Crippen molar-refractivity contribution in [1.82, 2.24) is 0 Å². The van der Waals surface area contributed by atoms with Crippen LogP contribution in [0.3, 0.4) is 0 Å². The summed E-state index contributed by atoms with van der Waals surface area (Å²) in [6, 6.07) is 9.54. The van der Waals surface area contributed by atoms with Crippen molar-refractivity contribution >= 4 is 6.09 Å². The van der Waals surface area contributed by atoms with Crippen LogP contribution in [0, 0.1) is 17.8 Å². The van der Waals surface area contributed by atoms with E-state index in [0.717, 1.165) is 31.2 Å². The van der Waals surface area contributed by atoms with Gasteiger partial charge < -0.3 is 4.74 Å². The summed E-state index contributed by atoms with van der Waals surface area (Å²) >= 11 is 0. The molecule has 0 N–H and O–H groups in total. The molecule has 1 atom stereocenters. The summed E-state index contributed by atoms with van der Waals surface area (Å²) in [4.78, 5) is 13.9. The topological polar surface area (TPSA) is 75.1 Å². The fraction of sp³-hybridized carbons (Fsp3) is 0.438. The summed E-state index contributed by atoms with van der Waals surface area (Å²) in [5, 5.41) is 2.97. The molecule has 1 saturated carbocycles. The number of amides is 1. The second kappa shape index (κ2) is 7.98. The molecule has 1 aliphatic carbocycles. The molecule has 1 unspecified atom stereocenters. The van der Waals surface area contributed by atoms with E-state index in [0.29, 0.717) is 0 Å². The van der Waals surface area contributed by atoms with Crippen molar-refractivity contribution in [3.8, 4) is 11.8 Å². The molecule has 1 aromatic rings. The first kappa shape index (κ1) is 15.0. The average molecular weight is 283 g/mol. The van der Waals surface area contributed by atoms with Gasteiger partial charge in [0.05, 0.1) is 0 Å². The molecule has 1 aliphatic rings. The second-order valence-electron chi connectivity index (χ2n) is 5.03. The van der Waals surface area contributed by atoms with E-state index in [4.69, 9.17) is 10.3 Å². The van der Waals surface area contributed by atoms with Crippen molar-refractivity contribution in [3.05, 3.63) is 46.3 Å². The summed E-state index contributed by atoms with van der Waals surface area (Å²) in [7, 11) is 0. The standard InChI is InChI=1S/C16H17N3O2/c17-19-18-16(20)21-15(14-9-5-2-6-10-14)12-11-13-7-3-1-4-8-13/h1,3-4,7-8,14-15H,2,5-6,9-10H2. The Balaban J connectivity index is 2.12. The van der Waals surface area contributed by atoms with Crippen LogP contribution in [0.2, 0.25) is 0 Å². The Morgan fingerprint density at radius 3 is 2.67 bits per heavy atom. The Morgan fingerprint density at radius 1 is 1.29 bits per heavy atom. The molecule has 1 aromatic carbocycles. The Hall–Kier alpha value is -2.44. The molecule has 0 saturated heterocycles. The number of hydrogen-bond acceptors (Lipinski definition) is 2. The van der Waals surface area contributed by atoms with E-state index in [9.17, 15) is 4.79 Å². The number of carbonyl (C=O) groups excluding carboxylic acids is 1. The van der Waals surface area contributed by atoms with Gasteiger partial charge in [-0.15, -0.1) is 0 Å². The van der Waals surface area contributed by atoms with Gasteiger partial charge in [-0.2, -0.15) is 0 Å². The molecule has 1 fully saturated rings. The molecule has 0 aliphatic heterocycles. The number of hydrogen-bond donors (Lipinski definition) is 0. The zero-order valence-electron chi connectivity index (χ0n) is 11.7. The maximum absolute atomic E-state index is 11.4. The van der Waals surface area contributed by atoms with Gasteiger partial charge in [-0.05, 0) is 30.5 Å². The van der Waals surface area contributed by atoms with Crippen LogP contribution in [-0.4, -0.2) is 12.2 Å². The Labute approximate surface area is 123 Å². The minimum absolute atomic E-state index is 0.216. The van der Waals surface area contributed by atoms with Gasteiger partial charge in [0.25, 0.3) is 0 Å². The van der Waals surface area contributed by atoms with Gasteiger partial charge in [-0.25, -0.2) is 4.79 Å². The molecule has 0 bridgehead atoms. The third kappa shape index (κ3) is 4.87. The van der Waals surface area contributed by atoms with Crippen LogP contribution in [0.1, 0.15) is 37.7 Å². The lowest BCUT2D eigenvalue weighted by Crippen LogP contribution is -2.26. The van der Waals surface area contributed by atoms with Gasteiger partial charge in [0, 0.05) is 21.5 Å². The van der Waals surface area contributed by atoms with Gasteiger partial charge in [0.1, 0.15) is 0 Å². The molecule has 108 valence electrons. The van der Waals surface area contributed by atoms with Gasteiger partial charge in [-0.1, -0.05) is 49.3 Å². The van der Waals surface area contributed by atoms with E-state index < -0.39 is 12.2 Å². The first-order valence-electron chi connectivity index (χ1n) is 7.12. The largest absolute Gasteiger partial charge is 0.444 e. The van der Waals surface area contributed by atoms with Crippen molar-refractivity contribution in [2.24, 2.45) is 11.0 Å². The second-order valence-corrected chi connectivity index (χ2v) is 5.03. The number of azide groups is 1. The summed E-state index contributed by atoms with van der Waals surface area (Å²) in [5.74, 6) is 6.26. The number of carbonyl (C=O) groups is 1. The van der Waals surface area contributed by atoms with E-state index in [1.807, 2.05) is 30.3 Å². The van der Waals surface area contributed by atoms with Crippen LogP contribution in [0.5, 0.6) is 0 Å². The van der Waals surface area contributed by atoms with Crippen molar-refractivity contribution in [2.75, 3.05) is 0 Å². The number of nitrogens with zero attached hydrogens (tertiary/aromatic N) is 3. The van der Waals surface area contributed by atoms with Crippen molar-refractivity contribution in [1.29, 1.82) is 0 Å². The maximum atomic E-state index is 11.4. The first-order valence-corrected chi connectivity index (χ1v) is 7.12. The maximum Gasteiger partial charge on any atom is 0.398 e. The molecule has 1 amide bonds. The Kier molecular flexibility index (Phi) is 5.69. The zero-order valence-corrected chi connectivity index (χ0v) is 11.7. The van der Waals surface area contributed by atoms with E-state index >= 15 is 0 Å². The summed E-state index contributed by atoms with van der Waals surface area (Å²) in [6.45, 7) is 0. The van der Waals surface area contributed by atoms with Crippen LogP contribution in [0.25, 0.3) is 10.4 Å². The average Bonchev–Trinajstić information content (AvgIpc) is 2.53.